The van der Waals surface area contributed by atoms with Crippen LogP contribution < -0.4 is 0 Å². The van der Waals surface area contributed by atoms with Crippen LogP contribution in [0.4, 0.5) is 0 Å². The van der Waals surface area contributed by atoms with E-state index < -0.39 is 0 Å². The van der Waals surface area contributed by atoms with Crippen molar-refractivity contribution < 1.29 is 0 Å². The zero-order chi connectivity index (χ0) is 55.4. The molecule has 2 spiro atoms. The minimum Gasteiger partial charge on any atom is -0.208 e. The van der Waals surface area contributed by atoms with Crippen LogP contribution in [0, 0.1) is 18.3 Å². The molecular formula is C80H67N3. The van der Waals surface area contributed by atoms with Crippen LogP contribution in [0.25, 0.3) is 94.7 Å². The third-order valence-electron chi connectivity index (χ3n) is 21.0. The molecule has 3 heteroatoms. The monoisotopic (exact) mass is 1070 g/mol. The van der Waals surface area contributed by atoms with Crippen LogP contribution in [0.3, 0.4) is 0 Å². The second-order valence-corrected chi connectivity index (χ2v) is 24.8. The maximum atomic E-state index is 5.43. The van der Waals surface area contributed by atoms with Crippen molar-refractivity contribution in [1.29, 1.82) is 0 Å². The summed E-state index contributed by atoms with van der Waals surface area (Å²) in [6.07, 6.45) is 14.2. The zero-order valence-electron chi connectivity index (χ0n) is 47.7. The first kappa shape index (κ1) is 50.0. The fourth-order valence-corrected chi connectivity index (χ4v) is 18.2. The lowest BCUT2D eigenvalue weighted by Crippen LogP contribution is -2.55. The number of hydrogen-bond donors (Lipinski definition) is 0. The molecule has 5 aliphatic rings. The van der Waals surface area contributed by atoms with Gasteiger partial charge in [0, 0.05) is 32.9 Å². The van der Waals surface area contributed by atoms with E-state index in [1.165, 1.54) is 66.4 Å². The van der Waals surface area contributed by atoms with Crippen LogP contribution in [-0.4, -0.2) is 15.0 Å². The molecule has 1 heterocycles. The van der Waals surface area contributed by atoms with Crippen LogP contribution >= 0.6 is 0 Å². The van der Waals surface area contributed by atoms with Gasteiger partial charge in [0.05, 0.1) is 0 Å². The Balaban J connectivity index is 1.00. The predicted molar refractivity (Wildman–Crippen MR) is 344 cm³/mol. The van der Waals surface area contributed by atoms with Crippen molar-refractivity contribution in [1.82, 2.24) is 15.0 Å². The number of fused-ring (bicyclic) bond motifs is 13. The van der Waals surface area contributed by atoms with Crippen LogP contribution in [0.1, 0.15) is 110 Å². The molecule has 3 saturated carbocycles. The molecule has 0 aliphatic heterocycles. The van der Waals surface area contributed by atoms with Crippen LogP contribution in [0.2, 0.25) is 0 Å². The molecule has 83 heavy (non-hydrogen) atoms. The molecule has 3 fully saturated rings. The molecule has 16 rings (SSSR count). The lowest BCUT2D eigenvalue weighted by atomic mass is 9.43. The number of aromatic nitrogens is 3. The van der Waals surface area contributed by atoms with E-state index in [1.54, 1.807) is 22.3 Å². The molecule has 6 unspecified atom stereocenters. The molecule has 402 valence electrons. The molecular weight excluding hydrogens is 1000 g/mol. The average Bonchev–Trinajstić information content (AvgIpc) is 1.84. The summed E-state index contributed by atoms with van der Waals surface area (Å²) in [4.78, 5) is 16.0. The van der Waals surface area contributed by atoms with Crippen molar-refractivity contribution in [3.05, 3.63) is 276 Å². The largest absolute Gasteiger partial charge is 0.208 e. The Morgan fingerprint density at radius 2 is 0.976 bits per heavy atom. The molecule has 0 radical (unpaired) electrons. The van der Waals surface area contributed by atoms with E-state index in [4.69, 9.17) is 15.0 Å². The van der Waals surface area contributed by atoms with Crippen molar-refractivity contribution in [3.63, 3.8) is 0 Å². The smallest absolute Gasteiger partial charge is 0.165 e. The molecule has 0 N–H and O–H groups in total. The molecule has 5 aliphatic carbocycles. The van der Waals surface area contributed by atoms with Crippen molar-refractivity contribution in [3.8, 4) is 67.5 Å². The van der Waals surface area contributed by atoms with E-state index >= 15 is 0 Å². The van der Waals surface area contributed by atoms with Gasteiger partial charge in [-0.05, 0) is 182 Å². The Labute approximate surface area is 488 Å². The highest BCUT2D eigenvalue weighted by molar-refractivity contribution is 6.22. The number of rotatable bonds is 8. The zero-order valence-corrected chi connectivity index (χ0v) is 47.7. The molecule has 11 aromatic rings. The summed E-state index contributed by atoms with van der Waals surface area (Å²) in [6, 6.07) is 84.9. The van der Waals surface area contributed by atoms with E-state index in [1.807, 2.05) is 0 Å². The number of benzene rings is 10. The van der Waals surface area contributed by atoms with E-state index in [0.29, 0.717) is 35.2 Å². The average molecular weight is 1070 g/mol. The minimum atomic E-state index is -0.155. The summed E-state index contributed by atoms with van der Waals surface area (Å²) >= 11 is 0. The van der Waals surface area contributed by atoms with E-state index in [-0.39, 0.29) is 16.2 Å². The Bertz CT molecular complexity index is 4360. The van der Waals surface area contributed by atoms with Gasteiger partial charge in [-0.1, -0.05) is 244 Å². The fraction of sp³-hybridized carbons (Fsp3) is 0.212. The van der Waals surface area contributed by atoms with E-state index in [2.05, 4.69) is 257 Å². The maximum Gasteiger partial charge on any atom is 0.165 e. The third kappa shape index (κ3) is 7.38. The quantitative estimate of drug-likeness (QED) is 0.112. The number of allylic oxidation sites excluding steroid dienone is 4. The van der Waals surface area contributed by atoms with Gasteiger partial charge in [-0.3, -0.25) is 0 Å². The summed E-state index contributed by atoms with van der Waals surface area (Å²) in [5, 5.41) is 4.68. The SMILES string of the molecule is C/C=C(\C(=C/CC)C12CCC34CCC(CC5(CC(C1)c1ccccc1-c1ccccc15)C23)c1ccccc1-c1c(-c2c3ccccc3c(-c3nc(-c5ccccc5)nc(-c5ccccc5)n3)c3ccccc23)cccc14)c1ccccc1C. The van der Waals surface area contributed by atoms with E-state index in [9.17, 15) is 0 Å². The molecule has 4 bridgehead atoms. The van der Waals surface area contributed by atoms with Gasteiger partial charge in [0.15, 0.2) is 17.5 Å². The molecule has 6 atom stereocenters. The summed E-state index contributed by atoms with van der Waals surface area (Å²) in [5.41, 5.74) is 22.8. The van der Waals surface area contributed by atoms with Crippen LogP contribution in [0.5, 0.6) is 0 Å². The van der Waals surface area contributed by atoms with Gasteiger partial charge in [-0.15, -0.1) is 0 Å². The lowest BCUT2D eigenvalue weighted by molar-refractivity contribution is 0.0221. The topological polar surface area (TPSA) is 38.7 Å². The first-order valence-corrected chi connectivity index (χ1v) is 30.6. The fourth-order valence-electron chi connectivity index (χ4n) is 18.2. The third-order valence-corrected chi connectivity index (χ3v) is 21.0. The van der Waals surface area contributed by atoms with Crippen molar-refractivity contribution >= 4 is 27.1 Å². The Kier molecular flexibility index (Phi) is 11.7. The predicted octanol–water partition coefficient (Wildman–Crippen LogP) is 20.7. The van der Waals surface area contributed by atoms with Gasteiger partial charge >= 0.3 is 0 Å². The normalized spacial score (nSPS) is 23.0. The second-order valence-electron chi connectivity index (χ2n) is 24.8. The standard InChI is InChI=1S/C80H67N3/c1-4-25-68(56(5-2)57-31-13-12-26-51(57)3)79-47-46-78-45-44-54(48-80(77(78)79)50-55(49-79)59-33-14-16-34-60(59)61-35-22-23-42-69(61)80)58-32-15-17-36-62(58)72-67(41-24-43-70(72)78)71-63-37-18-20-39-65(63)73(66-40-21-19-38-64(66)71)76-82-74(52-27-8-6-9-28-52)81-75(83-76)53-29-10-7-11-30-53/h5-43,54-55,77H,4,44-50H2,1-3H3/b56-5-,68-25+. The van der Waals surface area contributed by atoms with Crippen molar-refractivity contribution in [2.75, 3.05) is 0 Å². The molecule has 3 nitrogen and oxygen atoms in total. The Morgan fingerprint density at radius 1 is 0.446 bits per heavy atom. The van der Waals surface area contributed by atoms with Crippen molar-refractivity contribution in [2.24, 2.45) is 11.3 Å². The summed E-state index contributed by atoms with van der Waals surface area (Å²) in [6.45, 7) is 7.04. The Hall–Kier alpha value is -8.79. The van der Waals surface area contributed by atoms with Gasteiger partial charge < -0.3 is 0 Å². The summed E-state index contributed by atoms with van der Waals surface area (Å²) in [7, 11) is 0. The number of nitrogens with zero attached hydrogens (tertiary/aromatic N) is 3. The van der Waals surface area contributed by atoms with Gasteiger partial charge in [0.2, 0.25) is 0 Å². The van der Waals surface area contributed by atoms with Crippen LogP contribution in [0.15, 0.2) is 242 Å². The van der Waals surface area contributed by atoms with Gasteiger partial charge in [0.1, 0.15) is 0 Å². The molecule has 10 aromatic carbocycles. The summed E-state index contributed by atoms with van der Waals surface area (Å²) in [5.74, 6) is 3.07. The van der Waals surface area contributed by atoms with Gasteiger partial charge in [-0.2, -0.15) is 0 Å². The van der Waals surface area contributed by atoms with Gasteiger partial charge in [0.25, 0.3) is 0 Å². The minimum absolute atomic E-state index is 0.130. The highest BCUT2D eigenvalue weighted by atomic mass is 15.0. The molecule has 0 amide bonds. The molecule has 0 saturated heterocycles. The van der Waals surface area contributed by atoms with Gasteiger partial charge in [-0.25, -0.2) is 15.0 Å². The highest BCUT2D eigenvalue weighted by Gasteiger charge is 2.71. The van der Waals surface area contributed by atoms with Crippen molar-refractivity contribution in [2.45, 2.75) is 94.8 Å². The first-order valence-electron chi connectivity index (χ1n) is 30.6. The van der Waals surface area contributed by atoms with Crippen LogP contribution in [-0.2, 0) is 10.8 Å². The second kappa shape index (κ2) is 19.4. The number of hydrogen-bond acceptors (Lipinski definition) is 3. The summed E-state index contributed by atoms with van der Waals surface area (Å²) < 4.78 is 0. The first-order chi connectivity index (χ1) is 40.9. The van der Waals surface area contributed by atoms with E-state index in [0.717, 1.165) is 78.8 Å². The molecule has 1 aromatic heterocycles. The Morgan fingerprint density at radius 3 is 1.64 bits per heavy atom. The lowest BCUT2D eigenvalue weighted by Gasteiger charge is -2.60. The maximum absolute atomic E-state index is 5.43. The highest BCUT2D eigenvalue weighted by Crippen LogP contribution is 2.79. The number of aryl methyl sites for hydroxylation is 1.